The lowest BCUT2D eigenvalue weighted by molar-refractivity contribution is -0.120. The molecule has 26 heavy (non-hydrogen) atoms. The molecule has 1 aromatic carbocycles. The van der Waals surface area contributed by atoms with Gasteiger partial charge in [0.15, 0.2) is 0 Å². The maximum Gasteiger partial charge on any atom is 0.263 e. The van der Waals surface area contributed by atoms with Gasteiger partial charge in [0.25, 0.3) is 5.91 Å². The predicted molar refractivity (Wildman–Crippen MR) is 100 cm³/mol. The Bertz CT molecular complexity index is 842. The van der Waals surface area contributed by atoms with Crippen LogP contribution in [0, 0.1) is 11.7 Å². The van der Waals surface area contributed by atoms with Crippen molar-refractivity contribution in [3.63, 3.8) is 0 Å². The predicted octanol–water partition coefficient (Wildman–Crippen LogP) is 3.87. The summed E-state index contributed by atoms with van der Waals surface area (Å²) in [6, 6.07) is 8.17. The van der Waals surface area contributed by atoms with Crippen LogP contribution in [-0.4, -0.2) is 29.8 Å². The summed E-state index contributed by atoms with van der Waals surface area (Å²) < 4.78 is 13.7. The van der Waals surface area contributed by atoms with E-state index in [2.05, 4.69) is 5.32 Å². The Morgan fingerprint density at radius 1 is 1.19 bits per heavy atom. The number of likely N-dealkylation sites (tertiary alicyclic amines) is 1. The van der Waals surface area contributed by atoms with Crippen LogP contribution in [0.4, 0.5) is 10.1 Å². The maximum atomic E-state index is 13.7. The Hall–Kier alpha value is -2.21. The van der Waals surface area contributed by atoms with Gasteiger partial charge in [0.2, 0.25) is 5.91 Å². The molecule has 0 saturated carbocycles. The number of hydrogen-bond acceptors (Lipinski definition) is 3. The Kier molecular flexibility index (Phi) is 4.76. The van der Waals surface area contributed by atoms with E-state index in [-0.39, 0.29) is 23.4 Å². The normalized spacial score (nSPS) is 19.3. The largest absolute Gasteiger partial charge is 0.338 e. The van der Waals surface area contributed by atoms with Crippen LogP contribution in [0.15, 0.2) is 30.3 Å². The third-order valence-corrected chi connectivity index (χ3v) is 6.41. The molecular formula is C20H21FN2O2S. The third-order valence-electron chi connectivity index (χ3n) is 5.19. The number of nitrogens with zero attached hydrogens (tertiary/aromatic N) is 1. The van der Waals surface area contributed by atoms with E-state index in [0.29, 0.717) is 6.42 Å². The summed E-state index contributed by atoms with van der Waals surface area (Å²) in [4.78, 5) is 29.0. The molecule has 1 fully saturated rings. The first-order chi connectivity index (χ1) is 12.6. The summed E-state index contributed by atoms with van der Waals surface area (Å²) in [7, 11) is 0. The van der Waals surface area contributed by atoms with Crippen LogP contribution in [0.2, 0.25) is 0 Å². The molecule has 4 nitrogen and oxygen atoms in total. The topological polar surface area (TPSA) is 49.4 Å². The Balaban J connectivity index is 1.45. The van der Waals surface area contributed by atoms with Crippen LogP contribution in [0.1, 0.15) is 39.4 Å². The summed E-state index contributed by atoms with van der Waals surface area (Å²) in [5.41, 5.74) is 1.32. The summed E-state index contributed by atoms with van der Waals surface area (Å²) in [6.45, 7) is 1.68. The molecule has 2 aliphatic rings. The second-order valence-corrected chi connectivity index (χ2v) is 8.10. The monoisotopic (exact) mass is 372 g/mol. The van der Waals surface area contributed by atoms with Crippen LogP contribution in [0.5, 0.6) is 0 Å². The van der Waals surface area contributed by atoms with Crippen molar-refractivity contribution in [3.05, 3.63) is 51.5 Å². The molecule has 4 rings (SSSR count). The molecule has 2 aromatic rings. The number of carbonyl (C=O) groups excluding carboxylic acids is 2. The Morgan fingerprint density at radius 2 is 1.96 bits per heavy atom. The van der Waals surface area contributed by atoms with Crippen molar-refractivity contribution in [1.29, 1.82) is 0 Å². The summed E-state index contributed by atoms with van der Waals surface area (Å²) >= 11 is 1.57. The Labute approximate surface area is 156 Å². The standard InChI is InChI=1S/C20H21FN2O2S/c21-15-5-1-2-6-16(15)22-19(24)13-7-8-17-14(11-13)12-18(26-17)20(25)23-9-3-4-10-23/h1-2,5-6,12-13H,3-4,7-11H2,(H,22,24)/t13-/m1/s1. The Morgan fingerprint density at radius 3 is 2.73 bits per heavy atom. The highest BCUT2D eigenvalue weighted by atomic mass is 32.1. The molecule has 1 aromatic heterocycles. The first-order valence-corrected chi connectivity index (χ1v) is 9.90. The third kappa shape index (κ3) is 3.38. The van der Waals surface area contributed by atoms with E-state index >= 15 is 0 Å². The van der Waals surface area contributed by atoms with Crippen molar-refractivity contribution in [3.8, 4) is 0 Å². The molecular weight excluding hydrogens is 351 g/mol. The molecule has 2 amide bonds. The number of thiophene rings is 1. The fraction of sp³-hybridized carbons (Fsp3) is 0.400. The zero-order chi connectivity index (χ0) is 18.1. The van der Waals surface area contributed by atoms with Gasteiger partial charge in [-0.2, -0.15) is 0 Å². The number of benzene rings is 1. The van der Waals surface area contributed by atoms with Crippen LogP contribution in [0.25, 0.3) is 0 Å². The van der Waals surface area contributed by atoms with E-state index in [4.69, 9.17) is 0 Å². The van der Waals surface area contributed by atoms with E-state index in [0.717, 1.165) is 49.2 Å². The summed E-state index contributed by atoms with van der Waals surface area (Å²) in [5.74, 6) is -0.647. The zero-order valence-corrected chi connectivity index (χ0v) is 15.3. The minimum absolute atomic E-state index is 0.120. The van der Waals surface area contributed by atoms with Crippen molar-refractivity contribution in [2.24, 2.45) is 5.92 Å². The minimum Gasteiger partial charge on any atom is -0.338 e. The second-order valence-electron chi connectivity index (χ2n) is 6.97. The molecule has 1 aliphatic carbocycles. The average Bonchev–Trinajstić information content (AvgIpc) is 3.32. The lowest BCUT2D eigenvalue weighted by atomic mass is 9.87. The molecule has 0 unspecified atom stereocenters. The number of rotatable bonds is 3. The maximum absolute atomic E-state index is 13.7. The molecule has 136 valence electrons. The van der Waals surface area contributed by atoms with E-state index in [1.807, 2.05) is 11.0 Å². The van der Waals surface area contributed by atoms with Gasteiger partial charge in [-0.05, 0) is 55.9 Å². The van der Waals surface area contributed by atoms with Gasteiger partial charge in [-0.1, -0.05) is 12.1 Å². The van der Waals surface area contributed by atoms with Gasteiger partial charge in [-0.15, -0.1) is 11.3 Å². The van der Waals surface area contributed by atoms with Crippen LogP contribution >= 0.6 is 11.3 Å². The second kappa shape index (κ2) is 7.19. The van der Waals surface area contributed by atoms with Gasteiger partial charge in [-0.25, -0.2) is 4.39 Å². The number of aryl methyl sites for hydroxylation is 1. The highest BCUT2D eigenvalue weighted by molar-refractivity contribution is 7.14. The molecule has 1 atom stereocenters. The highest BCUT2D eigenvalue weighted by Gasteiger charge is 2.29. The number of fused-ring (bicyclic) bond motifs is 1. The van der Waals surface area contributed by atoms with Crippen LogP contribution in [0.3, 0.4) is 0 Å². The van der Waals surface area contributed by atoms with Gasteiger partial charge in [0.05, 0.1) is 10.6 Å². The molecule has 0 spiro atoms. The van der Waals surface area contributed by atoms with Crippen molar-refractivity contribution in [2.75, 3.05) is 18.4 Å². The molecule has 1 aliphatic heterocycles. The lowest BCUT2D eigenvalue weighted by Gasteiger charge is -2.21. The van der Waals surface area contributed by atoms with E-state index in [1.54, 1.807) is 29.5 Å². The smallest absolute Gasteiger partial charge is 0.263 e. The molecule has 0 radical (unpaired) electrons. The SMILES string of the molecule is O=C(Nc1ccccc1F)[C@@H]1CCc2sc(C(=O)N3CCCC3)cc2C1. The van der Waals surface area contributed by atoms with Gasteiger partial charge in [0.1, 0.15) is 5.82 Å². The van der Waals surface area contributed by atoms with Crippen LogP contribution in [-0.2, 0) is 17.6 Å². The molecule has 0 bridgehead atoms. The first-order valence-electron chi connectivity index (χ1n) is 9.08. The molecule has 6 heteroatoms. The zero-order valence-electron chi connectivity index (χ0n) is 14.5. The number of amides is 2. The van der Waals surface area contributed by atoms with Gasteiger partial charge in [-0.3, -0.25) is 9.59 Å². The molecule has 2 heterocycles. The number of hydrogen-bond donors (Lipinski definition) is 1. The fourth-order valence-corrected chi connectivity index (χ4v) is 4.90. The lowest BCUT2D eigenvalue weighted by Crippen LogP contribution is -2.28. The number of para-hydroxylation sites is 1. The van der Waals surface area contributed by atoms with E-state index in [1.165, 1.54) is 10.9 Å². The van der Waals surface area contributed by atoms with Crippen molar-refractivity contribution >= 4 is 28.8 Å². The van der Waals surface area contributed by atoms with Crippen LogP contribution < -0.4 is 5.32 Å². The van der Waals surface area contributed by atoms with Gasteiger partial charge >= 0.3 is 0 Å². The first kappa shape index (κ1) is 17.2. The minimum atomic E-state index is -0.425. The summed E-state index contributed by atoms with van der Waals surface area (Å²) in [5, 5.41) is 2.70. The van der Waals surface area contributed by atoms with Crippen molar-refractivity contribution in [2.45, 2.75) is 32.1 Å². The van der Waals surface area contributed by atoms with Gasteiger partial charge in [0, 0.05) is 23.9 Å². The van der Waals surface area contributed by atoms with Crippen molar-refractivity contribution < 1.29 is 14.0 Å². The quantitative estimate of drug-likeness (QED) is 0.889. The van der Waals surface area contributed by atoms with E-state index in [9.17, 15) is 14.0 Å². The average molecular weight is 372 g/mol. The van der Waals surface area contributed by atoms with Gasteiger partial charge < -0.3 is 10.2 Å². The highest BCUT2D eigenvalue weighted by Crippen LogP contribution is 2.34. The molecule has 1 saturated heterocycles. The van der Waals surface area contributed by atoms with E-state index < -0.39 is 5.82 Å². The number of carbonyl (C=O) groups is 2. The number of anilines is 1. The number of nitrogens with one attached hydrogen (secondary N) is 1. The molecule has 1 N–H and O–H groups in total. The van der Waals surface area contributed by atoms with Crippen molar-refractivity contribution in [1.82, 2.24) is 4.90 Å². The fourth-order valence-electron chi connectivity index (χ4n) is 3.73. The number of halogens is 1. The summed E-state index contributed by atoms with van der Waals surface area (Å²) in [6.07, 6.45) is 4.29.